The van der Waals surface area contributed by atoms with Crippen molar-refractivity contribution >= 4 is 21.8 Å². The van der Waals surface area contributed by atoms with Gasteiger partial charge in [-0.1, -0.05) is 18.6 Å². The van der Waals surface area contributed by atoms with Crippen LogP contribution in [0.3, 0.4) is 0 Å². The van der Waals surface area contributed by atoms with Crippen molar-refractivity contribution in [2.75, 3.05) is 12.8 Å². The molecule has 210 valence electrons. The molecule has 1 aromatic heterocycles. The SMILES string of the molecule is CS(=O)(=O)N1CCCCC1C(=O)NC12CCC(CC1)Cn1c2nc(C(=O)NCc2ccc(F)cc2)c(O)c1=O. The number of fused-ring (bicyclic) bond motifs is 2. The van der Waals surface area contributed by atoms with Crippen molar-refractivity contribution in [3.05, 3.63) is 57.5 Å². The molecule has 2 amide bonds. The lowest BCUT2D eigenvalue weighted by Crippen LogP contribution is -2.57. The van der Waals surface area contributed by atoms with E-state index in [2.05, 4.69) is 15.6 Å². The second-order valence-electron chi connectivity index (χ2n) is 10.8. The summed E-state index contributed by atoms with van der Waals surface area (Å²) in [5.41, 5.74) is -1.71. The second-order valence-corrected chi connectivity index (χ2v) is 12.7. The van der Waals surface area contributed by atoms with Gasteiger partial charge in [-0.3, -0.25) is 19.0 Å². The Balaban J connectivity index is 1.48. The highest BCUT2D eigenvalue weighted by molar-refractivity contribution is 7.88. The number of rotatable bonds is 6. The van der Waals surface area contributed by atoms with Gasteiger partial charge in [0, 0.05) is 19.6 Å². The Bertz CT molecular complexity index is 1450. The number of piperidine rings is 1. The van der Waals surface area contributed by atoms with Gasteiger partial charge in [0.05, 0.1) is 11.8 Å². The Labute approximate surface area is 225 Å². The summed E-state index contributed by atoms with van der Waals surface area (Å²) in [6.45, 7) is 0.570. The van der Waals surface area contributed by atoms with E-state index in [4.69, 9.17) is 0 Å². The molecule has 0 spiro atoms. The van der Waals surface area contributed by atoms with E-state index in [0.717, 1.165) is 6.26 Å². The van der Waals surface area contributed by atoms with E-state index in [1.54, 1.807) is 0 Å². The van der Waals surface area contributed by atoms with E-state index in [0.29, 0.717) is 57.1 Å². The Morgan fingerprint density at radius 1 is 1.15 bits per heavy atom. The minimum absolute atomic E-state index is 0.0195. The number of benzene rings is 1. The van der Waals surface area contributed by atoms with Crippen LogP contribution in [0.25, 0.3) is 0 Å². The number of nitrogens with zero attached hydrogens (tertiary/aromatic N) is 3. The number of sulfonamides is 1. The maximum absolute atomic E-state index is 13.6. The molecule has 4 aliphatic rings. The molecule has 1 saturated heterocycles. The van der Waals surface area contributed by atoms with Gasteiger partial charge >= 0.3 is 0 Å². The van der Waals surface area contributed by atoms with Gasteiger partial charge in [-0.05, 0) is 62.1 Å². The highest BCUT2D eigenvalue weighted by atomic mass is 32.2. The molecule has 6 rings (SSSR count). The van der Waals surface area contributed by atoms with Gasteiger partial charge in [0.15, 0.2) is 5.69 Å². The molecule has 4 heterocycles. The van der Waals surface area contributed by atoms with Gasteiger partial charge in [0.2, 0.25) is 21.7 Å². The van der Waals surface area contributed by atoms with Gasteiger partial charge in [0.25, 0.3) is 11.5 Å². The number of hydrogen-bond acceptors (Lipinski definition) is 7. The standard InChI is InChI=1S/C26H32FN5O6S/c1-39(37,38)32-13-3-2-4-19(32)22(34)30-26-11-9-17(10-12-26)15-31-24(36)21(33)20(29-25(26)31)23(35)28-14-16-5-7-18(27)8-6-16/h5-8,17,19,33H,2-4,9-15H2,1H3,(H,28,35)(H,30,34). The lowest BCUT2D eigenvalue weighted by Gasteiger charge is -2.40. The van der Waals surface area contributed by atoms with E-state index in [1.165, 1.54) is 33.1 Å². The van der Waals surface area contributed by atoms with Gasteiger partial charge < -0.3 is 15.7 Å². The summed E-state index contributed by atoms with van der Waals surface area (Å²) in [5.74, 6) is -2.13. The first-order valence-electron chi connectivity index (χ1n) is 13.1. The van der Waals surface area contributed by atoms with Crippen LogP contribution in [0, 0.1) is 11.7 Å². The molecule has 3 aliphatic heterocycles. The third-order valence-corrected chi connectivity index (χ3v) is 9.39. The minimum atomic E-state index is -3.61. The fourth-order valence-electron chi connectivity index (χ4n) is 6.00. The molecule has 1 saturated carbocycles. The average Bonchev–Trinajstić information content (AvgIpc) is 3.15. The molecule has 3 N–H and O–H groups in total. The second kappa shape index (κ2) is 10.3. The number of amides is 2. The lowest BCUT2D eigenvalue weighted by molar-refractivity contribution is -0.128. The van der Waals surface area contributed by atoms with E-state index in [1.807, 2.05) is 0 Å². The van der Waals surface area contributed by atoms with Crippen LogP contribution in [0.5, 0.6) is 5.75 Å². The zero-order valence-electron chi connectivity index (χ0n) is 21.7. The largest absolute Gasteiger partial charge is 0.501 e. The smallest absolute Gasteiger partial charge is 0.296 e. The normalized spacial score (nSPS) is 25.0. The molecule has 2 bridgehead atoms. The molecular formula is C26H32FN5O6S. The average molecular weight is 562 g/mol. The predicted molar refractivity (Wildman–Crippen MR) is 139 cm³/mol. The van der Waals surface area contributed by atoms with Crippen molar-refractivity contribution in [3.63, 3.8) is 0 Å². The Hall–Kier alpha value is -3.32. The summed E-state index contributed by atoms with van der Waals surface area (Å²) in [6.07, 6.45) is 5.14. The number of hydrogen-bond donors (Lipinski definition) is 3. The van der Waals surface area contributed by atoms with Crippen molar-refractivity contribution in [2.24, 2.45) is 5.92 Å². The monoisotopic (exact) mass is 561 g/mol. The first kappa shape index (κ1) is 27.3. The highest BCUT2D eigenvalue weighted by Crippen LogP contribution is 2.43. The van der Waals surface area contributed by atoms with Crippen LogP contribution >= 0.6 is 0 Å². The maximum Gasteiger partial charge on any atom is 0.296 e. The lowest BCUT2D eigenvalue weighted by atomic mass is 9.77. The topological polar surface area (TPSA) is 151 Å². The van der Waals surface area contributed by atoms with Crippen molar-refractivity contribution in [2.45, 2.75) is 69.6 Å². The minimum Gasteiger partial charge on any atom is -0.501 e. The number of aromatic hydroxyl groups is 1. The highest BCUT2D eigenvalue weighted by Gasteiger charge is 2.47. The van der Waals surface area contributed by atoms with Crippen LogP contribution < -0.4 is 16.2 Å². The summed E-state index contributed by atoms with van der Waals surface area (Å²) < 4.78 is 40.5. The molecule has 2 fully saturated rings. The van der Waals surface area contributed by atoms with Crippen LogP contribution in [0.4, 0.5) is 4.39 Å². The van der Waals surface area contributed by atoms with Gasteiger partial charge in [-0.2, -0.15) is 4.31 Å². The van der Waals surface area contributed by atoms with Gasteiger partial charge in [0.1, 0.15) is 17.7 Å². The summed E-state index contributed by atoms with van der Waals surface area (Å²) in [6, 6.07) is 4.64. The Morgan fingerprint density at radius 3 is 2.51 bits per heavy atom. The maximum atomic E-state index is 13.6. The van der Waals surface area contributed by atoms with Crippen LogP contribution in [0.1, 0.15) is 66.8 Å². The van der Waals surface area contributed by atoms with Gasteiger partial charge in [-0.15, -0.1) is 0 Å². The Morgan fingerprint density at radius 2 is 1.85 bits per heavy atom. The quantitative estimate of drug-likeness (QED) is 0.482. The first-order chi connectivity index (χ1) is 18.5. The summed E-state index contributed by atoms with van der Waals surface area (Å²) >= 11 is 0. The molecule has 1 aromatic carbocycles. The number of carbonyl (C=O) groups is 2. The van der Waals surface area contributed by atoms with Crippen molar-refractivity contribution in [1.82, 2.24) is 24.5 Å². The first-order valence-corrected chi connectivity index (χ1v) is 15.0. The molecule has 1 atom stereocenters. The third-order valence-electron chi connectivity index (χ3n) is 8.10. The van der Waals surface area contributed by atoms with Crippen LogP contribution in [0.2, 0.25) is 0 Å². The fourth-order valence-corrected chi connectivity index (χ4v) is 7.13. The zero-order chi connectivity index (χ0) is 27.9. The van der Waals surface area contributed by atoms with Crippen molar-refractivity contribution in [3.8, 4) is 5.75 Å². The summed E-state index contributed by atoms with van der Waals surface area (Å²) in [5, 5.41) is 16.3. The van der Waals surface area contributed by atoms with E-state index in [9.17, 15) is 32.3 Å². The molecule has 13 heteroatoms. The van der Waals surface area contributed by atoms with Crippen molar-refractivity contribution in [1.29, 1.82) is 0 Å². The third kappa shape index (κ3) is 5.29. The molecule has 1 unspecified atom stereocenters. The molecular weight excluding hydrogens is 529 g/mol. The number of carbonyl (C=O) groups excluding carboxylic acids is 2. The van der Waals surface area contributed by atoms with Crippen LogP contribution in [0.15, 0.2) is 29.1 Å². The molecule has 1 aliphatic carbocycles. The Kier molecular flexibility index (Phi) is 7.23. The summed E-state index contributed by atoms with van der Waals surface area (Å²) in [7, 11) is -3.61. The zero-order valence-corrected chi connectivity index (χ0v) is 22.5. The van der Waals surface area contributed by atoms with Crippen LogP contribution in [-0.4, -0.2) is 58.0 Å². The van der Waals surface area contributed by atoms with E-state index < -0.39 is 56.2 Å². The van der Waals surface area contributed by atoms with Crippen LogP contribution in [-0.2, 0) is 33.4 Å². The molecule has 11 nitrogen and oxygen atoms in total. The number of halogens is 1. The fraction of sp³-hybridized carbons (Fsp3) is 0.538. The number of nitrogens with one attached hydrogen (secondary N) is 2. The van der Waals surface area contributed by atoms with Gasteiger partial charge in [-0.25, -0.2) is 17.8 Å². The molecule has 2 aromatic rings. The van der Waals surface area contributed by atoms with E-state index >= 15 is 0 Å². The van der Waals surface area contributed by atoms with Crippen molar-refractivity contribution < 1.29 is 27.5 Å². The summed E-state index contributed by atoms with van der Waals surface area (Å²) in [4.78, 5) is 44.4. The number of aromatic nitrogens is 2. The van der Waals surface area contributed by atoms with E-state index in [-0.39, 0.29) is 24.8 Å². The molecule has 39 heavy (non-hydrogen) atoms. The molecule has 0 radical (unpaired) electrons. The predicted octanol–water partition coefficient (Wildman–Crippen LogP) is 1.35.